The summed E-state index contributed by atoms with van der Waals surface area (Å²) >= 11 is 0. The van der Waals surface area contributed by atoms with Gasteiger partial charge in [0.05, 0.1) is 5.75 Å². The number of anilines is 1. The maximum absolute atomic E-state index is 12.9. The predicted octanol–water partition coefficient (Wildman–Crippen LogP) is 1.71. The fourth-order valence-electron chi connectivity index (χ4n) is 2.99. The Hall–Kier alpha value is -2.45. The molecule has 0 aliphatic carbocycles. The minimum Gasteiger partial charge on any atom is -0.369 e. The smallest absolute Gasteiger partial charge is 0.251 e. The Morgan fingerprint density at radius 1 is 0.963 bits per heavy atom. The van der Waals surface area contributed by atoms with Crippen molar-refractivity contribution in [1.82, 2.24) is 9.62 Å². The molecule has 0 radical (unpaired) electrons. The van der Waals surface area contributed by atoms with Crippen molar-refractivity contribution in [1.29, 1.82) is 0 Å². The van der Waals surface area contributed by atoms with E-state index in [-0.39, 0.29) is 12.3 Å². The van der Waals surface area contributed by atoms with E-state index >= 15 is 0 Å². The first-order chi connectivity index (χ1) is 13.0. The number of benzene rings is 2. The van der Waals surface area contributed by atoms with Crippen LogP contribution in [0.4, 0.5) is 10.1 Å². The van der Waals surface area contributed by atoms with Crippen LogP contribution < -0.4 is 10.2 Å². The third-order valence-corrected chi connectivity index (χ3v) is 6.38. The molecule has 1 fully saturated rings. The van der Waals surface area contributed by atoms with Crippen molar-refractivity contribution in [2.24, 2.45) is 0 Å². The number of halogens is 1. The Morgan fingerprint density at radius 2 is 1.59 bits per heavy atom. The van der Waals surface area contributed by atoms with Crippen LogP contribution in [0.1, 0.15) is 10.4 Å². The molecule has 6 nitrogen and oxygen atoms in total. The van der Waals surface area contributed by atoms with Crippen LogP contribution >= 0.6 is 0 Å². The van der Waals surface area contributed by atoms with E-state index in [9.17, 15) is 17.6 Å². The van der Waals surface area contributed by atoms with Crippen LogP contribution in [0, 0.1) is 5.82 Å². The molecular weight excluding hydrogens is 369 g/mol. The molecule has 0 unspecified atom stereocenters. The van der Waals surface area contributed by atoms with Gasteiger partial charge in [-0.3, -0.25) is 4.79 Å². The summed E-state index contributed by atoms with van der Waals surface area (Å²) in [6, 6.07) is 15.0. The highest BCUT2D eigenvalue weighted by molar-refractivity contribution is 7.89. The van der Waals surface area contributed by atoms with Crippen LogP contribution in [0.5, 0.6) is 0 Å². The lowest BCUT2D eigenvalue weighted by molar-refractivity contribution is 0.0956. The second kappa shape index (κ2) is 8.49. The summed E-state index contributed by atoms with van der Waals surface area (Å²) in [6.07, 6.45) is 0. The molecule has 8 heteroatoms. The van der Waals surface area contributed by atoms with E-state index in [0.29, 0.717) is 31.7 Å². The molecule has 1 heterocycles. The number of nitrogens with zero attached hydrogens (tertiary/aromatic N) is 2. The Labute approximate surface area is 158 Å². The molecule has 1 aliphatic heterocycles. The predicted molar refractivity (Wildman–Crippen MR) is 103 cm³/mol. The van der Waals surface area contributed by atoms with Crippen LogP contribution in [0.2, 0.25) is 0 Å². The summed E-state index contributed by atoms with van der Waals surface area (Å²) in [5, 5.41) is 2.57. The number of amides is 1. The van der Waals surface area contributed by atoms with Gasteiger partial charge in [0.15, 0.2) is 0 Å². The number of rotatable bonds is 6. The summed E-state index contributed by atoms with van der Waals surface area (Å²) < 4.78 is 39.3. The van der Waals surface area contributed by atoms with E-state index in [2.05, 4.69) is 10.2 Å². The molecule has 27 heavy (non-hydrogen) atoms. The van der Waals surface area contributed by atoms with Gasteiger partial charge in [-0.1, -0.05) is 18.2 Å². The zero-order valence-electron chi connectivity index (χ0n) is 14.8. The van der Waals surface area contributed by atoms with Gasteiger partial charge in [0.25, 0.3) is 5.91 Å². The van der Waals surface area contributed by atoms with Crippen molar-refractivity contribution in [2.75, 3.05) is 43.4 Å². The largest absolute Gasteiger partial charge is 0.369 e. The molecule has 1 N–H and O–H groups in total. The minimum atomic E-state index is -3.44. The van der Waals surface area contributed by atoms with Gasteiger partial charge >= 0.3 is 0 Å². The molecule has 0 saturated carbocycles. The highest BCUT2D eigenvalue weighted by Gasteiger charge is 2.26. The first kappa shape index (κ1) is 19.3. The zero-order chi connectivity index (χ0) is 19.3. The van der Waals surface area contributed by atoms with Gasteiger partial charge in [-0.25, -0.2) is 12.8 Å². The SMILES string of the molecule is O=C(NCCS(=O)(=O)N1CCN(c2ccccc2)CC1)c1ccc(F)cc1. The van der Waals surface area contributed by atoms with Gasteiger partial charge < -0.3 is 10.2 Å². The lowest BCUT2D eigenvalue weighted by Gasteiger charge is -2.35. The van der Waals surface area contributed by atoms with Crippen molar-refractivity contribution in [3.8, 4) is 0 Å². The number of carbonyl (C=O) groups is 1. The zero-order valence-corrected chi connectivity index (χ0v) is 15.7. The molecule has 1 saturated heterocycles. The van der Waals surface area contributed by atoms with Gasteiger partial charge in [0.1, 0.15) is 5.82 Å². The molecule has 0 spiro atoms. The van der Waals surface area contributed by atoms with Gasteiger partial charge in [-0.15, -0.1) is 0 Å². The number of sulfonamides is 1. The quantitative estimate of drug-likeness (QED) is 0.814. The average Bonchev–Trinajstić information content (AvgIpc) is 2.69. The second-order valence-electron chi connectivity index (χ2n) is 6.30. The van der Waals surface area contributed by atoms with Crippen LogP contribution in [0.15, 0.2) is 54.6 Å². The summed E-state index contributed by atoms with van der Waals surface area (Å²) in [5.74, 6) is -1.01. The molecule has 2 aromatic rings. The lowest BCUT2D eigenvalue weighted by atomic mass is 10.2. The van der Waals surface area contributed by atoms with Gasteiger partial charge in [0.2, 0.25) is 10.0 Å². The number of piperazine rings is 1. The van der Waals surface area contributed by atoms with Crippen molar-refractivity contribution in [3.63, 3.8) is 0 Å². The van der Waals surface area contributed by atoms with Gasteiger partial charge in [0, 0.05) is 44.0 Å². The molecule has 1 aliphatic rings. The fraction of sp³-hybridized carbons (Fsp3) is 0.316. The molecule has 144 valence electrons. The van der Waals surface area contributed by atoms with Crippen molar-refractivity contribution in [3.05, 3.63) is 66.0 Å². The fourth-order valence-corrected chi connectivity index (χ4v) is 4.33. The Morgan fingerprint density at radius 3 is 2.22 bits per heavy atom. The number of hydrogen-bond donors (Lipinski definition) is 1. The average molecular weight is 391 g/mol. The van der Waals surface area contributed by atoms with Gasteiger partial charge in [-0.2, -0.15) is 4.31 Å². The van der Waals surface area contributed by atoms with E-state index in [1.54, 1.807) is 0 Å². The van der Waals surface area contributed by atoms with Gasteiger partial charge in [-0.05, 0) is 36.4 Å². The standard InChI is InChI=1S/C19H22FN3O3S/c20-17-8-6-16(7-9-17)19(24)21-10-15-27(25,26)23-13-11-22(12-14-23)18-4-2-1-3-5-18/h1-9H,10-15H2,(H,21,24). The summed E-state index contributed by atoms with van der Waals surface area (Å²) in [6.45, 7) is 2.11. The van der Waals surface area contributed by atoms with Crippen LogP contribution in [-0.4, -0.2) is 57.1 Å². The summed E-state index contributed by atoms with van der Waals surface area (Å²) in [5.41, 5.74) is 1.38. The molecule has 1 amide bonds. The molecule has 3 rings (SSSR count). The number of carbonyl (C=O) groups excluding carboxylic acids is 1. The third-order valence-electron chi connectivity index (χ3n) is 4.51. The maximum atomic E-state index is 12.9. The minimum absolute atomic E-state index is 0.0114. The summed E-state index contributed by atoms with van der Waals surface area (Å²) in [4.78, 5) is 14.1. The second-order valence-corrected chi connectivity index (χ2v) is 8.39. The van der Waals surface area contributed by atoms with Crippen molar-refractivity contribution < 1.29 is 17.6 Å². The van der Waals surface area contributed by atoms with E-state index in [0.717, 1.165) is 5.69 Å². The number of hydrogen-bond acceptors (Lipinski definition) is 4. The van der Waals surface area contributed by atoms with Crippen LogP contribution in [-0.2, 0) is 10.0 Å². The highest BCUT2D eigenvalue weighted by atomic mass is 32.2. The van der Waals surface area contributed by atoms with E-state index in [1.807, 2.05) is 30.3 Å². The van der Waals surface area contributed by atoms with E-state index in [1.165, 1.54) is 28.6 Å². The van der Waals surface area contributed by atoms with Crippen LogP contribution in [0.25, 0.3) is 0 Å². The number of nitrogens with one attached hydrogen (secondary N) is 1. The highest BCUT2D eigenvalue weighted by Crippen LogP contribution is 2.17. The Bertz CT molecular complexity index is 865. The lowest BCUT2D eigenvalue weighted by Crippen LogP contribution is -2.50. The first-order valence-electron chi connectivity index (χ1n) is 8.77. The Balaban J connectivity index is 1.47. The Kier molecular flexibility index (Phi) is 6.08. The summed E-state index contributed by atoms with van der Waals surface area (Å²) in [7, 11) is -3.44. The maximum Gasteiger partial charge on any atom is 0.251 e. The molecule has 0 atom stereocenters. The normalized spacial score (nSPS) is 15.5. The van der Waals surface area contributed by atoms with E-state index < -0.39 is 21.7 Å². The molecule has 2 aromatic carbocycles. The molecular formula is C19H22FN3O3S. The van der Waals surface area contributed by atoms with E-state index in [4.69, 9.17) is 0 Å². The molecule has 0 aromatic heterocycles. The van der Waals surface area contributed by atoms with Crippen molar-refractivity contribution >= 4 is 21.6 Å². The number of para-hydroxylation sites is 1. The van der Waals surface area contributed by atoms with Crippen LogP contribution in [0.3, 0.4) is 0 Å². The molecule has 0 bridgehead atoms. The first-order valence-corrected chi connectivity index (χ1v) is 10.4. The van der Waals surface area contributed by atoms with Crippen molar-refractivity contribution in [2.45, 2.75) is 0 Å². The third kappa shape index (κ3) is 5.05. The topological polar surface area (TPSA) is 69.7 Å². The monoisotopic (exact) mass is 391 g/mol.